The van der Waals surface area contributed by atoms with Crippen LogP contribution < -0.4 is 4.74 Å². The summed E-state index contributed by atoms with van der Waals surface area (Å²) in [5, 5.41) is 9.80. The predicted octanol–water partition coefficient (Wildman–Crippen LogP) is 1.85. The Kier molecular flexibility index (Phi) is 3.72. The van der Waals surface area contributed by atoms with Crippen LogP contribution in [-0.2, 0) is 10.3 Å². The largest absolute Gasteiger partial charge is 0.493 e. The first-order chi connectivity index (χ1) is 7.81. The van der Waals surface area contributed by atoms with Gasteiger partial charge in [0.15, 0.2) is 11.6 Å². The lowest BCUT2D eigenvalue weighted by Gasteiger charge is -2.19. The Bertz CT molecular complexity index is 435. The third-order valence-electron chi connectivity index (χ3n) is 2.36. The molecule has 5 heteroatoms. The number of benzene rings is 1. The van der Waals surface area contributed by atoms with Crippen molar-refractivity contribution in [1.29, 1.82) is 0 Å². The Labute approximate surface area is 99.0 Å². The van der Waals surface area contributed by atoms with Gasteiger partial charge in [-0.25, -0.2) is 9.18 Å². The lowest BCUT2D eigenvalue weighted by atomic mass is 9.96. The molecule has 0 heterocycles. The van der Waals surface area contributed by atoms with Gasteiger partial charge in [0.25, 0.3) is 0 Å². The number of hydrogen-bond donors (Lipinski definition) is 1. The Morgan fingerprint density at radius 3 is 2.35 bits per heavy atom. The second-order valence-electron chi connectivity index (χ2n) is 4.09. The maximum atomic E-state index is 13.7. The van der Waals surface area contributed by atoms with Crippen LogP contribution in [0.15, 0.2) is 12.1 Å². The van der Waals surface area contributed by atoms with Crippen LogP contribution in [0.25, 0.3) is 0 Å². The average molecular weight is 242 g/mol. The number of hydrogen-bond acceptors (Lipinski definition) is 4. The van der Waals surface area contributed by atoms with Gasteiger partial charge in [-0.15, -0.1) is 0 Å². The highest BCUT2D eigenvalue weighted by Gasteiger charge is 2.24. The van der Waals surface area contributed by atoms with Crippen molar-refractivity contribution < 1.29 is 23.8 Å². The molecule has 0 amide bonds. The Morgan fingerprint density at radius 2 is 1.94 bits per heavy atom. The zero-order valence-electron chi connectivity index (χ0n) is 10.2. The first-order valence-electron chi connectivity index (χ1n) is 5.00. The number of rotatable bonds is 3. The van der Waals surface area contributed by atoms with Crippen LogP contribution in [-0.4, -0.2) is 25.3 Å². The number of halogens is 1. The summed E-state index contributed by atoms with van der Waals surface area (Å²) in [5.41, 5.74) is -1.03. The lowest BCUT2D eigenvalue weighted by Crippen LogP contribution is -2.18. The van der Waals surface area contributed by atoms with Crippen LogP contribution >= 0.6 is 0 Å². The molecule has 0 fully saturated rings. The van der Waals surface area contributed by atoms with E-state index in [4.69, 9.17) is 4.74 Å². The number of ether oxygens (including phenoxy) is 2. The van der Waals surface area contributed by atoms with Gasteiger partial charge >= 0.3 is 5.97 Å². The quantitative estimate of drug-likeness (QED) is 0.822. The molecule has 0 aliphatic rings. The fraction of sp³-hybridized carbons (Fsp3) is 0.417. The van der Waals surface area contributed by atoms with Crippen molar-refractivity contribution in [2.45, 2.75) is 19.4 Å². The summed E-state index contributed by atoms with van der Waals surface area (Å²) in [5.74, 6) is -1.62. The Hall–Kier alpha value is -1.62. The molecule has 1 aromatic carbocycles. The zero-order valence-corrected chi connectivity index (χ0v) is 10.2. The predicted molar refractivity (Wildman–Crippen MR) is 59.5 cm³/mol. The van der Waals surface area contributed by atoms with Crippen LogP contribution in [0.2, 0.25) is 0 Å². The fourth-order valence-electron chi connectivity index (χ4n) is 1.42. The minimum Gasteiger partial charge on any atom is -0.493 e. The number of methoxy groups -OCH3 is 2. The van der Waals surface area contributed by atoms with Crippen molar-refractivity contribution in [3.63, 3.8) is 0 Å². The molecule has 0 unspecified atom stereocenters. The standard InChI is InChI=1S/C12H15FO4/c1-12(2,15)7-5-8(11(14)17-4)10(16-3)9(13)6-7/h5-6,15H,1-4H3. The molecule has 0 radical (unpaired) electrons. The molecule has 0 bridgehead atoms. The molecule has 0 aliphatic heterocycles. The van der Waals surface area contributed by atoms with E-state index in [1.165, 1.54) is 34.1 Å². The maximum Gasteiger partial charge on any atom is 0.341 e. The Balaban J connectivity index is 3.44. The van der Waals surface area contributed by atoms with Crippen molar-refractivity contribution in [1.82, 2.24) is 0 Å². The van der Waals surface area contributed by atoms with Crippen LogP contribution in [0.5, 0.6) is 5.75 Å². The summed E-state index contributed by atoms with van der Waals surface area (Å²) in [6.07, 6.45) is 0. The fourth-order valence-corrected chi connectivity index (χ4v) is 1.42. The highest BCUT2D eigenvalue weighted by atomic mass is 19.1. The zero-order chi connectivity index (χ0) is 13.2. The third kappa shape index (κ3) is 2.74. The van der Waals surface area contributed by atoms with E-state index >= 15 is 0 Å². The van der Waals surface area contributed by atoms with E-state index in [-0.39, 0.29) is 16.9 Å². The van der Waals surface area contributed by atoms with Crippen molar-refractivity contribution in [3.8, 4) is 5.75 Å². The van der Waals surface area contributed by atoms with Crippen molar-refractivity contribution in [3.05, 3.63) is 29.1 Å². The monoisotopic (exact) mass is 242 g/mol. The third-order valence-corrected chi connectivity index (χ3v) is 2.36. The summed E-state index contributed by atoms with van der Waals surface area (Å²) in [6, 6.07) is 2.49. The summed E-state index contributed by atoms with van der Waals surface area (Å²) in [7, 11) is 2.45. The average Bonchev–Trinajstić information content (AvgIpc) is 2.25. The summed E-state index contributed by atoms with van der Waals surface area (Å²) in [4.78, 5) is 11.5. The van der Waals surface area contributed by atoms with E-state index in [0.29, 0.717) is 0 Å². The Morgan fingerprint density at radius 1 is 1.35 bits per heavy atom. The molecule has 0 saturated heterocycles. The van der Waals surface area contributed by atoms with Crippen molar-refractivity contribution in [2.24, 2.45) is 0 Å². The van der Waals surface area contributed by atoms with E-state index in [1.807, 2.05) is 0 Å². The van der Waals surface area contributed by atoms with E-state index in [9.17, 15) is 14.3 Å². The summed E-state index contributed by atoms with van der Waals surface area (Å²) >= 11 is 0. The minimum absolute atomic E-state index is 0.0490. The van der Waals surface area contributed by atoms with Gasteiger partial charge in [0.1, 0.15) is 5.56 Å². The topological polar surface area (TPSA) is 55.8 Å². The SMILES string of the molecule is COC(=O)c1cc(C(C)(C)O)cc(F)c1OC. The van der Waals surface area contributed by atoms with Gasteiger partial charge in [0.05, 0.1) is 19.8 Å². The molecular weight excluding hydrogens is 227 g/mol. The van der Waals surface area contributed by atoms with Gasteiger partial charge in [-0.05, 0) is 31.5 Å². The summed E-state index contributed by atoms with van der Waals surface area (Å²) in [6.45, 7) is 2.99. The van der Waals surface area contributed by atoms with E-state index < -0.39 is 17.4 Å². The molecule has 1 N–H and O–H groups in total. The normalized spacial score (nSPS) is 11.2. The van der Waals surface area contributed by atoms with E-state index in [1.54, 1.807) is 0 Å². The molecule has 1 rings (SSSR count). The molecular formula is C12H15FO4. The van der Waals surface area contributed by atoms with Gasteiger partial charge in [-0.3, -0.25) is 0 Å². The van der Waals surface area contributed by atoms with E-state index in [2.05, 4.69) is 4.74 Å². The second-order valence-corrected chi connectivity index (χ2v) is 4.09. The highest BCUT2D eigenvalue weighted by Crippen LogP contribution is 2.30. The van der Waals surface area contributed by atoms with Crippen LogP contribution in [0.1, 0.15) is 29.8 Å². The van der Waals surface area contributed by atoms with Crippen LogP contribution in [0.4, 0.5) is 4.39 Å². The van der Waals surface area contributed by atoms with Gasteiger partial charge in [0, 0.05) is 0 Å². The summed E-state index contributed by atoms with van der Waals surface area (Å²) < 4.78 is 23.0. The number of carbonyl (C=O) groups is 1. The first kappa shape index (κ1) is 13.4. The first-order valence-corrected chi connectivity index (χ1v) is 5.00. The lowest BCUT2D eigenvalue weighted by molar-refractivity contribution is 0.0593. The number of esters is 1. The smallest absolute Gasteiger partial charge is 0.341 e. The van der Waals surface area contributed by atoms with Gasteiger partial charge < -0.3 is 14.6 Å². The minimum atomic E-state index is -1.25. The molecule has 0 saturated carbocycles. The van der Waals surface area contributed by atoms with Gasteiger partial charge in [0.2, 0.25) is 0 Å². The number of carbonyl (C=O) groups excluding carboxylic acids is 1. The van der Waals surface area contributed by atoms with Crippen LogP contribution in [0, 0.1) is 5.82 Å². The highest BCUT2D eigenvalue weighted by molar-refractivity contribution is 5.92. The molecule has 1 aromatic rings. The molecule has 4 nitrogen and oxygen atoms in total. The number of aliphatic hydroxyl groups is 1. The molecule has 94 valence electrons. The van der Waals surface area contributed by atoms with Crippen LogP contribution in [0.3, 0.4) is 0 Å². The second kappa shape index (κ2) is 4.71. The molecule has 0 aliphatic carbocycles. The van der Waals surface area contributed by atoms with Gasteiger partial charge in [-0.2, -0.15) is 0 Å². The molecule has 0 atom stereocenters. The van der Waals surface area contributed by atoms with Crippen molar-refractivity contribution >= 4 is 5.97 Å². The van der Waals surface area contributed by atoms with Crippen molar-refractivity contribution in [2.75, 3.05) is 14.2 Å². The maximum absolute atomic E-state index is 13.7. The van der Waals surface area contributed by atoms with Gasteiger partial charge in [-0.1, -0.05) is 0 Å². The molecule has 0 aromatic heterocycles. The molecule has 17 heavy (non-hydrogen) atoms. The van der Waals surface area contributed by atoms with E-state index in [0.717, 1.165) is 6.07 Å². The molecule has 0 spiro atoms.